The Morgan fingerprint density at radius 3 is 2.84 bits per heavy atom. The monoisotopic (exact) mass is 357 g/mol. The molecule has 1 aromatic heterocycles. The maximum atomic E-state index is 12.0. The van der Waals surface area contributed by atoms with E-state index in [0.717, 1.165) is 31.1 Å². The van der Waals surface area contributed by atoms with Crippen molar-refractivity contribution in [3.63, 3.8) is 0 Å². The normalized spacial score (nSPS) is 17.3. The molecule has 25 heavy (non-hydrogen) atoms. The molecule has 3 rings (SSSR count). The molecule has 0 saturated carbocycles. The Labute approximate surface area is 152 Å². The summed E-state index contributed by atoms with van der Waals surface area (Å²) < 4.78 is 0. The quantitative estimate of drug-likeness (QED) is 0.773. The van der Waals surface area contributed by atoms with Gasteiger partial charge in [0.15, 0.2) is 10.9 Å². The molecule has 5 nitrogen and oxygen atoms in total. The van der Waals surface area contributed by atoms with Gasteiger partial charge in [-0.05, 0) is 18.8 Å². The molecule has 0 aliphatic carbocycles. The van der Waals surface area contributed by atoms with Gasteiger partial charge in [0.1, 0.15) is 0 Å². The molecule has 6 heteroatoms. The third kappa shape index (κ3) is 5.13. The van der Waals surface area contributed by atoms with E-state index in [4.69, 9.17) is 0 Å². The highest BCUT2D eigenvalue weighted by atomic mass is 32.1. The molecule has 1 saturated heterocycles. The lowest BCUT2D eigenvalue weighted by molar-refractivity contribution is -0.121. The van der Waals surface area contributed by atoms with E-state index in [-0.39, 0.29) is 24.5 Å². The molecule has 1 aliphatic heterocycles. The molecular weight excluding hydrogens is 334 g/mol. The zero-order valence-corrected chi connectivity index (χ0v) is 15.0. The van der Waals surface area contributed by atoms with Gasteiger partial charge in [-0.2, -0.15) is 0 Å². The lowest BCUT2D eigenvalue weighted by Crippen LogP contribution is -2.41. The van der Waals surface area contributed by atoms with Crippen LogP contribution in [-0.2, 0) is 4.79 Å². The first-order valence-corrected chi connectivity index (χ1v) is 9.60. The van der Waals surface area contributed by atoms with Crippen LogP contribution >= 0.6 is 11.3 Å². The fraction of sp³-hybridized carbons (Fsp3) is 0.421. The van der Waals surface area contributed by atoms with Crippen molar-refractivity contribution >= 4 is 28.2 Å². The number of Topliss-reactive ketones (excluding diaryl/α,β-unsaturated/α-hetero) is 1. The van der Waals surface area contributed by atoms with Crippen molar-refractivity contribution in [2.75, 3.05) is 24.5 Å². The minimum atomic E-state index is -0.0457. The second-order valence-electron chi connectivity index (χ2n) is 6.36. The summed E-state index contributed by atoms with van der Waals surface area (Å²) in [6, 6.07) is 9.13. The number of hydrogen-bond acceptors (Lipinski definition) is 5. The molecular formula is C19H23N3O2S. The van der Waals surface area contributed by atoms with E-state index in [0.29, 0.717) is 18.0 Å². The number of aromatic nitrogens is 1. The summed E-state index contributed by atoms with van der Waals surface area (Å²) in [5, 5.41) is 6.04. The molecule has 1 atom stereocenters. The van der Waals surface area contributed by atoms with Gasteiger partial charge in [0.05, 0.1) is 0 Å². The van der Waals surface area contributed by atoms with E-state index < -0.39 is 0 Å². The predicted molar refractivity (Wildman–Crippen MR) is 100 cm³/mol. The number of hydrogen-bond donors (Lipinski definition) is 1. The summed E-state index contributed by atoms with van der Waals surface area (Å²) in [6.07, 6.45) is 4.56. The number of nitrogens with one attached hydrogen (secondary N) is 1. The zero-order valence-electron chi connectivity index (χ0n) is 14.2. The SMILES string of the molecule is O=C(CCC(=O)c1ccccc1)NCC1CCCN(c2nccs2)C1. The summed E-state index contributed by atoms with van der Waals surface area (Å²) in [4.78, 5) is 30.7. The van der Waals surface area contributed by atoms with Gasteiger partial charge < -0.3 is 10.2 Å². The van der Waals surface area contributed by atoms with Gasteiger partial charge in [0, 0.05) is 49.6 Å². The Morgan fingerprint density at radius 1 is 1.24 bits per heavy atom. The van der Waals surface area contributed by atoms with Gasteiger partial charge in [-0.3, -0.25) is 9.59 Å². The number of rotatable bonds is 7. The standard InChI is InChI=1S/C19H23N3O2S/c23-17(16-6-2-1-3-7-16)8-9-18(24)21-13-15-5-4-11-22(14-15)19-20-10-12-25-19/h1-3,6-7,10,12,15H,4-5,8-9,11,13-14H2,(H,21,24). The molecule has 1 aromatic carbocycles. The zero-order chi connectivity index (χ0) is 17.5. The number of benzene rings is 1. The second kappa shape index (κ2) is 8.76. The molecule has 1 unspecified atom stereocenters. The number of amides is 1. The van der Waals surface area contributed by atoms with Crippen molar-refractivity contribution < 1.29 is 9.59 Å². The first-order chi connectivity index (χ1) is 12.2. The number of anilines is 1. The van der Waals surface area contributed by atoms with Crippen LogP contribution in [0.2, 0.25) is 0 Å². The Morgan fingerprint density at radius 2 is 2.08 bits per heavy atom. The third-order valence-electron chi connectivity index (χ3n) is 4.47. The van der Waals surface area contributed by atoms with Crippen LogP contribution in [0, 0.1) is 5.92 Å². The summed E-state index contributed by atoms with van der Waals surface area (Å²) >= 11 is 1.66. The van der Waals surface area contributed by atoms with Crippen LogP contribution in [0.15, 0.2) is 41.9 Å². The topological polar surface area (TPSA) is 62.3 Å². The van der Waals surface area contributed by atoms with Crippen LogP contribution in [-0.4, -0.2) is 36.3 Å². The van der Waals surface area contributed by atoms with Crippen molar-refractivity contribution in [2.45, 2.75) is 25.7 Å². The Hall–Kier alpha value is -2.21. The van der Waals surface area contributed by atoms with Crippen molar-refractivity contribution in [1.82, 2.24) is 10.3 Å². The number of nitrogens with zero attached hydrogens (tertiary/aromatic N) is 2. The van der Waals surface area contributed by atoms with Crippen LogP contribution in [0.1, 0.15) is 36.0 Å². The summed E-state index contributed by atoms with van der Waals surface area (Å²) in [5.41, 5.74) is 0.668. The van der Waals surface area contributed by atoms with Gasteiger partial charge >= 0.3 is 0 Å². The van der Waals surface area contributed by atoms with Crippen molar-refractivity contribution in [2.24, 2.45) is 5.92 Å². The second-order valence-corrected chi connectivity index (χ2v) is 7.24. The van der Waals surface area contributed by atoms with Gasteiger partial charge in [-0.25, -0.2) is 4.98 Å². The molecule has 0 radical (unpaired) electrons. The van der Waals surface area contributed by atoms with Crippen LogP contribution in [0.3, 0.4) is 0 Å². The molecule has 0 bridgehead atoms. The van der Waals surface area contributed by atoms with Gasteiger partial charge in [-0.15, -0.1) is 11.3 Å². The molecule has 132 valence electrons. The molecule has 1 fully saturated rings. The van der Waals surface area contributed by atoms with Gasteiger partial charge in [0.2, 0.25) is 5.91 Å². The van der Waals surface area contributed by atoms with Crippen molar-refractivity contribution in [1.29, 1.82) is 0 Å². The fourth-order valence-corrected chi connectivity index (χ4v) is 3.80. The van der Waals surface area contributed by atoms with E-state index in [1.165, 1.54) is 0 Å². The maximum absolute atomic E-state index is 12.0. The van der Waals surface area contributed by atoms with Crippen LogP contribution < -0.4 is 10.2 Å². The van der Waals surface area contributed by atoms with Crippen molar-refractivity contribution in [3.05, 3.63) is 47.5 Å². The summed E-state index contributed by atoms with van der Waals surface area (Å²) in [7, 11) is 0. The van der Waals surface area contributed by atoms with Crippen molar-refractivity contribution in [3.8, 4) is 0 Å². The van der Waals surface area contributed by atoms with Crippen LogP contribution in [0.25, 0.3) is 0 Å². The molecule has 1 amide bonds. The Balaban J connectivity index is 1.39. The minimum absolute atomic E-state index is 0.0170. The van der Waals surface area contributed by atoms with Gasteiger partial charge in [-0.1, -0.05) is 30.3 Å². The third-order valence-corrected chi connectivity index (χ3v) is 5.30. The predicted octanol–water partition coefficient (Wildman–Crippen LogP) is 3.14. The fourth-order valence-electron chi connectivity index (χ4n) is 3.12. The Bertz CT molecular complexity index is 688. The number of thiazole rings is 1. The number of ketones is 1. The highest BCUT2D eigenvalue weighted by Gasteiger charge is 2.22. The lowest BCUT2D eigenvalue weighted by Gasteiger charge is -2.32. The number of piperidine rings is 1. The number of carbonyl (C=O) groups is 2. The first kappa shape index (κ1) is 17.6. The number of carbonyl (C=O) groups excluding carboxylic acids is 2. The van der Waals surface area contributed by atoms with E-state index in [9.17, 15) is 9.59 Å². The minimum Gasteiger partial charge on any atom is -0.356 e. The highest BCUT2D eigenvalue weighted by Crippen LogP contribution is 2.24. The van der Waals surface area contributed by atoms with E-state index in [2.05, 4.69) is 15.2 Å². The van der Waals surface area contributed by atoms with Crippen LogP contribution in [0.4, 0.5) is 5.13 Å². The summed E-state index contributed by atoms with van der Waals surface area (Å²) in [5.74, 6) is 0.408. The maximum Gasteiger partial charge on any atom is 0.220 e. The molecule has 1 N–H and O–H groups in total. The largest absolute Gasteiger partial charge is 0.356 e. The van der Waals surface area contributed by atoms with Gasteiger partial charge in [0.25, 0.3) is 0 Å². The highest BCUT2D eigenvalue weighted by molar-refractivity contribution is 7.13. The van der Waals surface area contributed by atoms with E-state index in [1.807, 2.05) is 29.8 Å². The smallest absolute Gasteiger partial charge is 0.220 e. The summed E-state index contributed by atoms with van der Waals surface area (Å²) in [6.45, 7) is 2.63. The average Bonchev–Trinajstić information content (AvgIpc) is 3.20. The molecule has 2 aromatic rings. The average molecular weight is 357 g/mol. The molecule has 1 aliphatic rings. The van der Waals surface area contributed by atoms with E-state index in [1.54, 1.807) is 23.5 Å². The first-order valence-electron chi connectivity index (χ1n) is 8.72. The van der Waals surface area contributed by atoms with Crippen LogP contribution in [0.5, 0.6) is 0 Å². The van der Waals surface area contributed by atoms with E-state index >= 15 is 0 Å². The Kier molecular flexibility index (Phi) is 6.17. The molecule has 0 spiro atoms. The lowest BCUT2D eigenvalue weighted by atomic mass is 9.98. The molecule has 2 heterocycles.